The van der Waals surface area contributed by atoms with Gasteiger partial charge in [0.15, 0.2) is 0 Å². The Morgan fingerprint density at radius 3 is 1.78 bits per heavy atom. The van der Waals surface area contributed by atoms with Crippen LogP contribution in [0.2, 0.25) is 0 Å². The molecule has 0 heterocycles. The van der Waals surface area contributed by atoms with Gasteiger partial charge in [-0.1, -0.05) is 6.07 Å². The Bertz CT molecular complexity index is 996. The molecule has 0 atom stereocenters. The predicted molar refractivity (Wildman–Crippen MR) is 141 cm³/mol. The molecule has 0 saturated carbocycles. The van der Waals surface area contributed by atoms with Gasteiger partial charge in [-0.2, -0.15) is 23.6 Å². The van der Waals surface area contributed by atoms with Crippen LogP contribution in [0.15, 0.2) is 121 Å². The molecule has 0 fully saturated rings. The molecule has 0 radical (unpaired) electrons. The van der Waals surface area contributed by atoms with E-state index < -0.39 is 0 Å². The zero-order chi connectivity index (χ0) is 20.9. The molecule has 32 heavy (non-hydrogen) atoms. The van der Waals surface area contributed by atoms with Crippen molar-refractivity contribution < 1.29 is 24.2 Å². The van der Waals surface area contributed by atoms with E-state index in [1.807, 2.05) is 12.2 Å². The standard InChI is InChI=1S/C15H14.C9H7.C5H5.2ClH.Zr/c1-3-8-14(9-4-1)12-7-13-15-10-5-2-6-11-15;1-2-5-9-7-3-6-8(9)4-1;1-2-4-5-3-1;;;/h1-6,8-11H,12-13H2;1-7H;1-3H,4H2;2*1H;/q;2*-1;;;+2. The minimum Gasteiger partial charge on any atom is -0.168 e. The van der Waals surface area contributed by atoms with Gasteiger partial charge in [0.2, 0.25) is 0 Å². The molecule has 0 unspecified atom stereocenters. The Hall–Kier alpha value is -1.92. The molecule has 0 bridgehead atoms. The monoisotopic (exact) mass is 536 g/mol. The van der Waals surface area contributed by atoms with Crippen LogP contribution in [0.5, 0.6) is 0 Å². The van der Waals surface area contributed by atoms with Gasteiger partial charge in [-0.15, -0.1) is 60.9 Å². The summed E-state index contributed by atoms with van der Waals surface area (Å²) >= 11 is 1.55. The summed E-state index contributed by atoms with van der Waals surface area (Å²) in [6.45, 7) is 0. The van der Waals surface area contributed by atoms with E-state index >= 15 is 0 Å². The minimum atomic E-state index is 0. The molecule has 0 spiro atoms. The second-order valence-electron chi connectivity index (χ2n) is 7.09. The van der Waals surface area contributed by atoms with Crippen molar-refractivity contribution in [1.29, 1.82) is 0 Å². The summed E-state index contributed by atoms with van der Waals surface area (Å²) in [5.41, 5.74) is 2.84. The normalized spacial score (nSPS) is 10.7. The summed E-state index contributed by atoms with van der Waals surface area (Å²) in [5.74, 6) is 0. The quantitative estimate of drug-likeness (QED) is 0.232. The second kappa shape index (κ2) is 16.7. The number of fused-ring (bicyclic) bond motifs is 1. The number of benzene rings is 3. The molecule has 4 aromatic carbocycles. The van der Waals surface area contributed by atoms with Gasteiger partial charge in [-0.05, 0) is 0 Å². The van der Waals surface area contributed by atoms with Gasteiger partial charge in [0.25, 0.3) is 0 Å². The molecule has 0 N–H and O–H groups in total. The molecule has 0 saturated heterocycles. The van der Waals surface area contributed by atoms with Crippen molar-refractivity contribution in [3.8, 4) is 0 Å². The molecule has 162 valence electrons. The van der Waals surface area contributed by atoms with Crippen LogP contribution in [0.4, 0.5) is 0 Å². The van der Waals surface area contributed by atoms with Crippen LogP contribution >= 0.6 is 24.8 Å². The first-order valence-corrected chi connectivity index (χ1v) is 11.5. The number of allylic oxidation sites excluding steroid dienone is 4. The Labute approximate surface area is 219 Å². The van der Waals surface area contributed by atoms with E-state index in [1.54, 1.807) is 27.4 Å². The SMILES string of the molecule is Cl.Cl.[C-]1=CC=CC1.[Zr+2]=[C](Cc1ccccc1)Cc1ccccc1.c1ccc2[cH-]ccc2c1. The van der Waals surface area contributed by atoms with E-state index in [0.717, 1.165) is 19.3 Å². The van der Waals surface area contributed by atoms with E-state index in [4.69, 9.17) is 0 Å². The van der Waals surface area contributed by atoms with E-state index in [0.29, 0.717) is 0 Å². The van der Waals surface area contributed by atoms with E-state index in [9.17, 15) is 0 Å². The molecule has 1 aliphatic carbocycles. The third-order valence-electron chi connectivity index (χ3n) is 4.65. The molecular formula is C29H28Cl2Zr. The summed E-state index contributed by atoms with van der Waals surface area (Å²) in [5, 5.41) is 2.66. The molecule has 0 amide bonds. The van der Waals surface area contributed by atoms with Gasteiger partial charge in [0.05, 0.1) is 0 Å². The van der Waals surface area contributed by atoms with Crippen molar-refractivity contribution >= 4 is 38.8 Å². The third kappa shape index (κ3) is 10.6. The zero-order valence-corrected chi connectivity index (χ0v) is 22.1. The summed E-state index contributed by atoms with van der Waals surface area (Å²) in [6.07, 6.45) is 12.2. The maximum absolute atomic E-state index is 2.99. The van der Waals surface area contributed by atoms with E-state index in [1.165, 1.54) is 21.9 Å². The van der Waals surface area contributed by atoms with E-state index in [-0.39, 0.29) is 24.8 Å². The maximum Gasteiger partial charge on any atom is -0.0809 e. The predicted octanol–water partition coefficient (Wildman–Crippen LogP) is 7.90. The summed E-state index contributed by atoms with van der Waals surface area (Å²) in [6, 6.07) is 36.1. The maximum atomic E-state index is 2.99. The molecule has 3 heteroatoms. The number of hydrogen-bond donors (Lipinski definition) is 0. The Balaban J connectivity index is 0.000000269. The number of halogens is 2. The zero-order valence-electron chi connectivity index (χ0n) is 18.0. The number of hydrogen-bond acceptors (Lipinski definition) is 0. The molecule has 0 nitrogen and oxygen atoms in total. The molecule has 4 aromatic rings. The first-order valence-electron chi connectivity index (χ1n) is 10.3. The van der Waals surface area contributed by atoms with Crippen LogP contribution in [0.25, 0.3) is 10.8 Å². The summed E-state index contributed by atoms with van der Waals surface area (Å²) < 4.78 is 1.60. The fourth-order valence-corrected chi connectivity index (χ4v) is 4.16. The van der Waals surface area contributed by atoms with Gasteiger partial charge in [0, 0.05) is 0 Å². The fraction of sp³-hybridized carbons (Fsp3) is 0.103. The van der Waals surface area contributed by atoms with Crippen molar-refractivity contribution in [3.05, 3.63) is 139 Å². The van der Waals surface area contributed by atoms with Crippen LogP contribution in [0.3, 0.4) is 0 Å². The van der Waals surface area contributed by atoms with Gasteiger partial charge in [-0.3, -0.25) is 6.08 Å². The number of rotatable bonds is 4. The first-order chi connectivity index (χ1) is 14.8. The van der Waals surface area contributed by atoms with E-state index in [2.05, 4.69) is 115 Å². The molecule has 0 aliphatic heterocycles. The largest absolute Gasteiger partial charge is 0.168 e. The Kier molecular flexibility index (Phi) is 14.7. The van der Waals surface area contributed by atoms with Crippen molar-refractivity contribution in [2.45, 2.75) is 19.3 Å². The van der Waals surface area contributed by atoms with Gasteiger partial charge < -0.3 is 0 Å². The van der Waals surface area contributed by atoms with Crippen LogP contribution < -0.4 is 0 Å². The van der Waals surface area contributed by atoms with Crippen molar-refractivity contribution in [3.63, 3.8) is 0 Å². The first kappa shape index (κ1) is 28.1. The van der Waals surface area contributed by atoms with Gasteiger partial charge >= 0.3 is 112 Å². The Morgan fingerprint density at radius 2 is 1.31 bits per heavy atom. The average molecular weight is 539 g/mol. The molecule has 0 aromatic heterocycles. The average Bonchev–Trinajstić information content (AvgIpc) is 3.51. The smallest absolute Gasteiger partial charge is 0.0809 e. The second-order valence-corrected chi connectivity index (χ2v) is 8.82. The molecule has 1 aliphatic rings. The summed E-state index contributed by atoms with van der Waals surface area (Å²) in [7, 11) is 0. The van der Waals surface area contributed by atoms with Crippen LogP contribution in [-0.4, -0.2) is 3.21 Å². The van der Waals surface area contributed by atoms with Crippen molar-refractivity contribution in [2.24, 2.45) is 0 Å². The molecular weight excluding hydrogens is 510 g/mol. The topological polar surface area (TPSA) is 0 Å². The van der Waals surface area contributed by atoms with Gasteiger partial charge in [-0.25, -0.2) is 12.2 Å². The fourth-order valence-electron chi connectivity index (χ4n) is 3.16. The Morgan fingerprint density at radius 1 is 0.750 bits per heavy atom. The van der Waals surface area contributed by atoms with Crippen molar-refractivity contribution in [2.75, 3.05) is 0 Å². The summed E-state index contributed by atoms with van der Waals surface area (Å²) in [4.78, 5) is 0. The third-order valence-corrected chi connectivity index (χ3v) is 5.52. The molecule has 5 rings (SSSR count). The minimum absolute atomic E-state index is 0. The van der Waals surface area contributed by atoms with Crippen LogP contribution in [0, 0.1) is 6.08 Å². The van der Waals surface area contributed by atoms with Crippen LogP contribution in [0.1, 0.15) is 17.5 Å². The van der Waals surface area contributed by atoms with Crippen LogP contribution in [-0.2, 0) is 37.1 Å². The van der Waals surface area contributed by atoms with Gasteiger partial charge in [0.1, 0.15) is 0 Å². The van der Waals surface area contributed by atoms with Crippen molar-refractivity contribution in [1.82, 2.24) is 0 Å².